The van der Waals surface area contributed by atoms with Gasteiger partial charge in [0, 0.05) is 0 Å². The van der Waals surface area contributed by atoms with Gasteiger partial charge < -0.3 is 5.11 Å². The minimum atomic E-state index is -0.868. The van der Waals surface area contributed by atoms with Crippen molar-refractivity contribution in [3.63, 3.8) is 0 Å². The van der Waals surface area contributed by atoms with Gasteiger partial charge in [-0.1, -0.05) is 18.2 Å². The number of aryl methyl sites for hydroxylation is 1. The van der Waals surface area contributed by atoms with Gasteiger partial charge in [0.1, 0.15) is 0 Å². The standard InChI is InChI=1S/C9H10O2S/c10-9(11)8-4-2-1-3-7(8)5-6-12/h1-4,12H,5-6H2,(H,10,11). The number of hydrogen-bond donors (Lipinski definition) is 2. The molecule has 0 aliphatic rings. The molecule has 0 atom stereocenters. The van der Waals surface area contributed by atoms with Crippen molar-refractivity contribution in [2.45, 2.75) is 6.42 Å². The summed E-state index contributed by atoms with van der Waals surface area (Å²) in [6, 6.07) is 7.00. The lowest BCUT2D eigenvalue weighted by Crippen LogP contribution is -2.02. The number of aromatic carboxylic acids is 1. The van der Waals surface area contributed by atoms with Gasteiger partial charge in [0.05, 0.1) is 5.56 Å². The van der Waals surface area contributed by atoms with E-state index < -0.39 is 5.97 Å². The Labute approximate surface area is 76.6 Å². The van der Waals surface area contributed by atoms with E-state index >= 15 is 0 Å². The van der Waals surface area contributed by atoms with Crippen LogP contribution in [0.2, 0.25) is 0 Å². The molecule has 0 unspecified atom stereocenters. The third-order valence-electron chi connectivity index (χ3n) is 1.63. The molecule has 1 aromatic carbocycles. The van der Waals surface area contributed by atoms with E-state index in [-0.39, 0.29) is 0 Å². The first kappa shape index (κ1) is 9.13. The average Bonchev–Trinajstić information content (AvgIpc) is 2.05. The zero-order valence-corrected chi connectivity index (χ0v) is 7.42. The Morgan fingerprint density at radius 1 is 1.42 bits per heavy atom. The molecule has 0 amide bonds. The Morgan fingerprint density at radius 3 is 2.67 bits per heavy atom. The van der Waals surface area contributed by atoms with E-state index in [4.69, 9.17) is 5.11 Å². The van der Waals surface area contributed by atoms with Crippen LogP contribution >= 0.6 is 12.6 Å². The summed E-state index contributed by atoms with van der Waals surface area (Å²) in [5.41, 5.74) is 1.23. The van der Waals surface area contributed by atoms with Crippen molar-refractivity contribution in [2.24, 2.45) is 0 Å². The van der Waals surface area contributed by atoms with E-state index in [0.717, 1.165) is 5.56 Å². The van der Waals surface area contributed by atoms with Crippen LogP contribution in [0.1, 0.15) is 15.9 Å². The van der Waals surface area contributed by atoms with Gasteiger partial charge in [-0.3, -0.25) is 0 Å². The molecule has 0 radical (unpaired) electrons. The van der Waals surface area contributed by atoms with Crippen molar-refractivity contribution >= 4 is 18.6 Å². The Bertz CT molecular complexity index is 284. The molecule has 3 heteroatoms. The molecule has 1 N–H and O–H groups in total. The Kier molecular flexibility index (Phi) is 3.17. The van der Waals surface area contributed by atoms with Crippen molar-refractivity contribution in [1.82, 2.24) is 0 Å². The van der Waals surface area contributed by atoms with Gasteiger partial charge in [-0.2, -0.15) is 12.6 Å². The zero-order valence-electron chi connectivity index (χ0n) is 6.53. The van der Waals surface area contributed by atoms with Gasteiger partial charge >= 0.3 is 5.97 Å². The Balaban J connectivity index is 3.00. The number of benzene rings is 1. The topological polar surface area (TPSA) is 37.3 Å². The van der Waals surface area contributed by atoms with Crippen molar-refractivity contribution < 1.29 is 9.90 Å². The molecule has 0 saturated heterocycles. The van der Waals surface area contributed by atoms with E-state index in [1.54, 1.807) is 12.1 Å². The summed E-state index contributed by atoms with van der Waals surface area (Å²) < 4.78 is 0. The smallest absolute Gasteiger partial charge is 0.335 e. The van der Waals surface area contributed by atoms with Gasteiger partial charge in [0.2, 0.25) is 0 Å². The lowest BCUT2D eigenvalue weighted by molar-refractivity contribution is 0.0696. The van der Waals surface area contributed by atoms with Crippen LogP contribution in [-0.2, 0) is 6.42 Å². The molecule has 12 heavy (non-hydrogen) atoms. The van der Waals surface area contributed by atoms with E-state index in [1.165, 1.54) is 0 Å². The minimum Gasteiger partial charge on any atom is -0.478 e. The molecule has 0 spiro atoms. The molecule has 64 valence electrons. The molecule has 0 heterocycles. The van der Waals surface area contributed by atoms with Crippen molar-refractivity contribution in [3.05, 3.63) is 35.4 Å². The van der Waals surface area contributed by atoms with Crippen molar-refractivity contribution in [3.8, 4) is 0 Å². The molecular formula is C9H10O2S. The molecule has 0 aliphatic carbocycles. The molecule has 0 fully saturated rings. The molecule has 1 rings (SSSR count). The van der Waals surface area contributed by atoms with Crippen LogP contribution in [0.5, 0.6) is 0 Å². The van der Waals surface area contributed by atoms with E-state index in [0.29, 0.717) is 17.7 Å². The molecule has 2 nitrogen and oxygen atoms in total. The molecule has 0 aliphatic heterocycles. The molecular weight excluding hydrogens is 172 g/mol. The van der Waals surface area contributed by atoms with Gasteiger partial charge in [-0.25, -0.2) is 4.79 Å². The number of carbonyl (C=O) groups is 1. The summed E-state index contributed by atoms with van der Waals surface area (Å²) in [7, 11) is 0. The first-order valence-electron chi connectivity index (χ1n) is 3.67. The van der Waals surface area contributed by atoms with E-state index in [2.05, 4.69) is 12.6 Å². The average molecular weight is 182 g/mol. The second kappa shape index (κ2) is 4.16. The summed E-state index contributed by atoms with van der Waals surface area (Å²) in [5, 5.41) is 8.77. The summed E-state index contributed by atoms with van der Waals surface area (Å²) in [6.07, 6.45) is 0.700. The van der Waals surface area contributed by atoms with Gasteiger partial charge in [0.15, 0.2) is 0 Å². The minimum absolute atomic E-state index is 0.381. The highest BCUT2D eigenvalue weighted by Crippen LogP contribution is 2.09. The number of rotatable bonds is 3. The van der Waals surface area contributed by atoms with Gasteiger partial charge in [-0.15, -0.1) is 0 Å². The maximum absolute atomic E-state index is 10.7. The van der Waals surface area contributed by atoms with Crippen LogP contribution in [0.4, 0.5) is 0 Å². The van der Waals surface area contributed by atoms with Crippen LogP contribution in [0.15, 0.2) is 24.3 Å². The number of carboxylic acid groups (broad SMARTS) is 1. The first-order valence-corrected chi connectivity index (χ1v) is 4.31. The predicted octanol–water partition coefficient (Wildman–Crippen LogP) is 1.86. The third-order valence-corrected chi connectivity index (χ3v) is 1.85. The summed E-state index contributed by atoms with van der Waals surface area (Å²) >= 11 is 4.05. The van der Waals surface area contributed by atoms with Crippen molar-refractivity contribution in [2.75, 3.05) is 5.75 Å². The number of hydrogen-bond acceptors (Lipinski definition) is 2. The highest BCUT2D eigenvalue weighted by molar-refractivity contribution is 7.80. The number of thiol groups is 1. The van der Waals surface area contributed by atoms with E-state index in [1.807, 2.05) is 12.1 Å². The monoisotopic (exact) mass is 182 g/mol. The number of carboxylic acids is 1. The highest BCUT2D eigenvalue weighted by Gasteiger charge is 2.06. The third kappa shape index (κ3) is 2.01. The van der Waals surface area contributed by atoms with E-state index in [9.17, 15) is 4.79 Å². The quantitative estimate of drug-likeness (QED) is 0.700. The van der Waals surface area contributed by atoms with Crippen LogP contribution in [0.3, 0.4) is 0 Å². The summed E-state index contributed by atoms with van der Waals surface area (Å²) in [5.74, 6) is -0.197. The van der Waals surface area contributed by atoms with Crippen LogP contribution in [-0.4, -0.2) is 16.8 Å². The first-order chi connectivity index (χ1) is 5.75. The second-order valence-corrected chi connectivity index (χ2v) is 2.88. The van der Waals surface area contributed by atoms with Crippen LogP contribution in [0, 0.1) is 0 Å². The predicted molar refractivity (Wildman–Crippen MR) is 51.0 cm³/mol. The molecule has 0 aromatic heterocycles. The highest BCUT2D eigenvalue weighted by atomic mass is 32.1. The largest absolute Gasteiger partial charge is 0.478 e. The maximum Gasteiger partial charge on any atom is 0.335 e. The SMILES string of the molecule is O=C(O)c1ccccc1CCS. The Morgan fingerprint density at radius 2 is 2.08 bits per heavy atom. The normalized spacial score (nSPS) is 9.75. The fourth-order valence-corrected chi connectivity index (χ4v) is 1.31. The van der Waals surface area contributed by atoms with Gasteiger partial charge in [0.25, 0.3) is 0 Å². The Hall–Kier alpha value is -0.960. The lowest BCUT2D eigenvalue weighted by atomic mass is 10.1. The summed E-state index contributed by atoms with van der Waals surface area (Å²) in [6.45, 7) is 0. The molecule has 1 aromatic rings. The summed E-state index contributed by atoms with van der Waals surface area (Å²) in [4.78, 5) is 10.7. The lowest BCUT2D eigenvalue weighted by Gasteiger charge is -2.02. The van der Waals surface area contributed by atoms with Crippen molar-refractivity contribution in [1.29, 1.82) is 0 Å². The molecule has 0 saturated carbocycles. The molecule has 0 bridgehead atoms. The fourth-order valence-electron chi connectivity index (χ4n) is 1.07. The van der Waals surface area contributed by atoms with Gasteiger partial charge in [-0.05, 0) is 23.8 Å². The second-order valence-electron chi connectivity index (χ2n) is 2.44. The van der Waals surface area contributed by atoms with Crippen LogP contribution in [0.25, 0.3) is 0 Å². The fraction of sp³-hybridized carbons (Fsp3) is 0.222. The van der Waals surface area contributed by atoms with Crippen LogP contribution < -0.4 is 0 Å². The zero-order chi connectivity index (χ0) is 8.97. The maximum atomic E-state index is 10.7.